The third-order valence-corrected chi connectivity index (χ3v) is 5.17. The van der Waals surface area contributed by atoms with Gasteiger partial charge in [-0.1, -0.05) is 0 Å². The maximum atomic E-state index is 11.6. The Morgan fingerprint density at radius 1 is 1.33 bits per heavy atom. The lowest BCUT2D eigenvalue weighted by atomic mass is 9.93. The fourth-order valence-electron chi connectivity index (χ4n) is 2.61. The van der Waals surface area contributed by atoms with Gasteiger partial charge in [0.1, 0.15) is 4.60 Å². The lowest BCUT2D eigenvalue weighted by Gasteiger charge is -2.25. The van der Waals surface area contributed by atoms with Crippen LogP contribution >= 0.6 is 15.9 Å². The van der Waals surface area contributed by atoms with Gasteiger partial charge in [-0.25, -0.2) is 18.1 Å². The zero-order valence-electron chi connectivity index (χ0n) is 11.4. The Hall–Kier alpha value is -1.06. The third-order valence-electron chi connectivity index (χ3n) is 3.73. The SMILES string of the molecule is CS(=O)(=O)c1ncc2c(Br)nn(C3CCC(O)CC3)c2n1. The lowest BCUT2D eigenvalue weighted by Crippen LogP contribution is -2.22. The van der Waals surface area contributed by atoms with E-state index in [1.54, 1.807) is 4.68 Å². The average molecular weight is 375 g/mol. The molecule has 2 aromatic rings. The van der Waals surface area contributed by atoms with Crippen molar-refractivity contribution >= 4 is 36.8 Å². The molecule has 3 rings (SSSR count). The van der Waals surface area contributed by atoms with E-state index in [0.29, 0.717) is 28.5 Å². The van der Waals surface area contributed by atoms with Crippen molar-refractivity contribution in [3.8, 4) is 0 Å². The first-order valence-corrected chi connectivity index (χ1v) is 9.33. The standard InChI is InChI=1S/C12H15BrN4O3S/c1-21(19,20)12-14-6-9-10(13)16-17(11(9)15-12)7-2-4-8(18)5-3-7/h6-8,18H,2-5H2,1H3. The van der Waals surface area contributed by atoms with Crippen LogP contribution in [0.25, 0.3) is 11.0 Å². The van der Waals surface area contributed by atoms with Gasteiger partial charge in [0.2, 0.25) is 15.0 Å². The molecule has 1 aliphatic rings. The second-order valence-corrected chi connectivity index (χ2v) is 8.02. The van der Waals surface area contributed by atoms with Gasteiger partial charge < -0.3 is 5.11 Å². The van der Waals surface area contributed by atoms with Gasteiger partial charge in [-0.05, 0) is 41.6 Å². The summed E-state index contributed by atoms with van der Waals surface area (Å²) in [5, 5.41) is 14.5. The number of fused-ring (bicyclic) bond motifs is 1. The molecule has 0 aliphatic heterocycles. The Bertz CT molecular complexity index is 781. The molecule has 1 fully saturated rings. The molecule has 0 aromatic carbocycles. The van der Waals surface area contributed by atoms with Crippen LogP contribution in [-0.4, -0.2) is 45.6 Å². The molecule has 114 valence electrons. The first kappa shape index (κ1) is 14.9. The molecule has 1 N–H and O–H groups in total. The number of hydrogen-bond acceptors (Lipinski definition) is 6. The molecule has 9 heteroatoms. The lowest BCUT2D eigenvalue weighted by molar-refractivity contribution is 0.108. The van der Waals surface area contributed by atoms with Crippen molar-refractivity contribution < 1.29 is 13.5 Å². The van der Waals surface area contributed by atoms with Crippen LogP contribution in [0, 0.1) is 0 Å². The Morgan fingerprint density at radius 3 is 2.62 bits per heavy atom. The number of nitrogens with zero attached hydrogens (tertiary/aromatic N) is 4. The van der Waals surface area contributed by atoms with Crippen LogP contribution < -0.4 is 0 Å². The molecule has 0 amide bonds. The van der Waals surface area contributed by atoms with Crippen LogP contribution in [0.4, 0.5) is 0 Å². The highest BCUT2D eigenvalue weighted by molar-refractivity contribution is 9.10. The number of aliphatic hydroxyl groups is 1. The van der Waals surface area contributed by atoms with Gasteiger partial charge in [0, 0.05) is 12.5 Å². The molecule has 0 saturated heterocycles. The second-order valence-electron chi connectivity index (χ2n) is 5.36. The van der Waals surface area contributed by atoms with E-state index >= 15 is 0 Å². The summed E-state index contributed by atoms with van der Waals surface area (Å²) in [7, 11) is -3.46. The van der Waals surface area contributed by atoms with Gasteiger partial charge in [0.15, 0.2) is 5.65 Å². The predicted molar refractivity (Wildman–Crippen MR) is 79.6 cm³/mol. The molecule has 1 aliphatic carbocycles. The van der Waals surface area contributed by atoms with Crippen molar-refractivity contribution in [2.75, 3.05) is 6.26 Å². The Kier molecular flexibility index (Phi) is 3.74. The summed E-state index contributed by atoms with van der Waals surface area (Å²) in [5.74, 6) is 0. The number of sulfone groups is 1. The van der Waals surface area contributed by atoms with Gasteiger partial charge in [0.25, 0.3) is 0 Å². The summed E-state index contributed by atoms with van der Waals surface area (Å²) in [6.45, 7) is 0. The minimum absolute atomic E-state index is 0.115. The van der Waals surface area contributed by atoms with Crippen molar-refractivity contribution in [1.29, 1.82) is 0 Å². The van der Waals surface area contributed by atoms with Crippen LogP contribution in [-0.2, 0) is 9.84 Å². The van der Waals surface area contributed by atoms with E-state index in [9.17, 15) is 13.5 Å². The largest absolute Gasteiger partial charge is 0.393 e. The summed E-state index contributed by atoms with van der Waals surface area (Å²) in [6.07, 6.45) is 5.32. The summed E-state index contributed by atoms with van der Waals surface area (Å²) in [6, 6.07) is 0.115. The monoisotopic (exact) mass is 374 g/mol. The summed E-state index contributed by atoms with van der Waals surface area (Å²) >= 11 is 3.36. The van der Waals surface area contributed by atoms with E-state index in [4.69, 9.17) is 0 Å². The van der Waals surface area contributed by atoms with Crippen LogP contribution in [0.2, 0.25) is 0 Å². The quantitative estimate of drug-likeness (QED) is 0.799. The van der Waals surface area contributed by atoms with Gasteiger partial charge in [-0.15, -0.1) is 0 Å². The fraction of sp³-hybridized carbons (Fsp3) is 0.583. The Balaban J connectivity index is 2.10. The van der Waals surface area contributed by atoms with E-state index in [-0.39, 0.29) is 17.3 Å². The number of halogens is 1. The first-order chi connectivity index (χ1) is 9.86. The summed E-state index contributed by atoms with van der Waals surface area (Å²) in [5.41, 5.74) is 0.513. The van der Waals surface area contributed by atoms with Crippen molar-refractivity contribution in [1.82, 2.24) is 19.7 Å². The normalized spacial score (nSPS) is 23.6. The first-order valence-electron chi connectivity index (χ1n) is 6.65. The van der Waals surface area contributed by atoms with E-state index in [0.717, 1.165) is 19.1 Å². The molecule has 0 radical (unpaired) electrons. The highest BCUT2D eigenvalue weighted by Crippen LogP contribution is 2.32. The topological polar surface area (TPSA) is 98.0 Å². The number of aromatic nitrogens is 4. The summed E-state index contributed by atoms with van der Waals surface area (Å²) < 4.78 is 25.6. The molecule has 0 spiro atoms. The van der Waals surface area contributed by atoms with Gasteiger partial charge >= 0.3 is 0 Å². The van der Waals surface area contributed by atoms with Gasteiger partial charge in [-0.3, -0.25) is 0 Å². The molecule has 2 heterocycles. The van der Waals surface area contributed by atoms with Gasteiger partial charge in [-0.2, -0.15) is 10.1 Å². The van der Waals surface area contributed by atoms with E-state index in [1.165, 1.54) is 6.20 Å². The van der Waals surface area contributed by atoms with E-state index < -0.39 is 9.84 Å². The smallest absolute Gasteiger partial charge is 0.248 e. The number of hydrogen-bond donors (Lipinski definition) is 1. The number of aliphatic hydroxyl groups excluding tert-OH is 1. The zero-order chi connectivity index (χ0) is 15.2. The van der Waals surface area contributed by atoms with Crippen LogP contribution in [0.1, 0.15) is 31.7 Å². The predicted octanol–water partition coefficient (Wildman–Crippen LogP) is 1.47. The molecule has 7 nitrogen and oxygen atoms in total. The Labute approximate surface area is 130 Å². The Morgan fingerprint density at radius 2 is 2.00 bits per heavy atom. The van der Waals surface area contributed by atoms with Crippen molar-refractivity contribution in [2.24, 2.45) is 0 Å². The van der Waals surface area contributed by atoms with E-state index in [2.05, 4.69) is 31.0 Å². The third kappa shape index (κ3) is 2.82. The van der Waals surface area contributed by atoms with E-state index in [1.807, 2.05) is 0 Å². The molecule has 0 bridgehead atoms. The highest BCUT2D eigenvalue weighted by atomic mass is 79.9. The maximum absolute atomic E-state index is 11.6. The van der Waals surface area contributed by atoms with Crippen LogP contribution in [0.15, 0.2) is 16.0 Å². The van der Waals surface area contributed by atoms with Crippen LogP contribution in [0.5, 0.6) is 0 Å². The maximum Gasteiger partial charge on any atom is 0.248 e. The second kappa shape index (κ2) is 5.29. The molecule has 1 saturated carbocycles. The zero-order valence-corrected chi connectivity index (χ0v) is 13.8. The van der Waals surface area contributed by atoms with Crippen molar-refractivity contribution in [3.63, 3.8) is 0 Å². The average Bonchev–Trinajstić information content (AvgIpc) is 2.76. The van der Waals surface area contributed by atoms with Crippen molar-refractivity contribution in [2.45, 2.75) is 43.0 Å². The summed E-state index contributed by atoms with van der Waals surface area (Å²) in [4.78, 5) is 8.06. The molecular weight excluding hydrogens is 360 g/mol. The van der Waals surface area contributed by atoms with Crippen molar-refractivity contribution in [3.05, 3.63) is 10.8 Å². The fourth-order valence-corrected chi connectivity index (χ4v) is 3.56. The minimum atomic E-state index is -3.46. The minimum Gasteiger partial charge on any atom is -0.393 e. The molecule has 0 atom stereocenters. The number of rotatable bonds is 2. The van der Waals surface area contributed by atoms with Crippen LogP contribution in [0.3, 0.4) is 0 Å². The molecule has 2 aromatic heterocycles. The molecule has 21 heavy (non-hydrogen) atoms. The van der Waals surface area contributed by atoms with Gasteiger partial charge in [0.05, 0.1) is 17.5 Å². The highest BCUT2D eigenvalue weighted by Gasteiger charge is 2.25. The molecular formula is C12H15BrN4O3S. The molecule has 0 unspecified atom stereocenters.